The summed E-state index contributed by atoms with van der Waals surface area (Å²) in [4.78, 5) is 28.1. The van der Waals surface area contributed by atoms with Crippen LogP contribution >= 0.6 is 11.3 Å². The van der Waals surface area contributed by atoms with Crippen LogP contribution in [0.4, 0.5) is 10.9 Å². The summed E-state index contributed by atoms with van der Waals surface area (Å²) in [6, 6.07) is 10.4. The lowest BCUT2D eigenvalue weighted by Crippen LogP contribution is -2.15. The fourth-order valence-corrected chi connectivity index (χ4v) is 2.54. The summed E-state index contributed by atoms with van der Waals surface area (Å²) in [6.45, 7) is 0. The number of aromatic nitrogens is 2. The Balaban J connectivity index is 1.57. The van der Waals surface area contributed by atoms with Crippen molar-refractivity contribution in [2.45, 2.75) is 6.42 Å². The van der Waals surface area contributed by atoms with Crippen molar-refractivity contribution in [3.05, 3.63) is 59.3 Å². The van der Waals surface area contributed by atoms with E-state index in [9.17, 15) is 9.59 Å². The van der Waals surface area contributed by atoms with Gasteiger partial charge in [-0.3, -0.25) is 14.9 Å². The second-order valence-electron chi connectivity index (χ2n) is 4.57. The number of anilines is 2. The Bertz CT molecular complexity index is 799. The molecule has 0 saturated heterocycles. The second-order valence-corrected chi connectivity index (χ2v) is 5.43. The van der Waals surface area contributed by atoms with Crippen molar-refractivity contribution in [3.63, 3.8) is 0 Å². The Morgan fingerprint density at radius 3 is 2.70 bits per heavy atom. The number of nitrogens with one attached hydrogen (secondary N) is 2. The highest BCUT2D eigenvalue weighted by Crippen LogP contribution is 2.17. The molecule has 0 aliphatic carbocycles. The SMILES string of the molecule is O=C(Cc1csc(NC(=O)c2ccccc2)n1)Nc1ccon1. The van der Waals surface area contributed by atoms with Crippen LogP contribution in [0.15, 0.2) is 52.6 Å². The number of carbonyl (C=O) groups excluding carboxylic acids is 2. The molecule has 2 heterocycles. The number of rotatable bonds is 5. The molecule has 2 aromatic heterocycles. The van der Waals surface area contributed by atoms with E-state index in [1.54, 1.807) is 35.7 Å². The van der Waals surface area contributed by atoms with Crippen molar-refractivity contribution in [2.75, 3.05) is 10.6 Å². The molecule has 0 spiro atoms. The van der Waals surface area contributed by atoms with Gasteiger partial charge >= 0.3 is 0 Å². The maximum atomic E-state index is 12.0. The molecule has 0 aliphatic heterocycles. The van der Waals surface area contributed by atoms with Gasteiger partial charge in [-0.25, -0.2) is 4.98 Å². The molecule has 8 heteroatoms. The first-order chi connectivity index (χ1) is 11.2. The van der Waals surface area contributed by atoms with Crippen LogP contribution in [-0.2, 0) is 11.2 Å². The summed E-state index contributed by atoms with van der Waals surface area (Å²) >= 11 is 1.27. The van der Waals surface area contributed by atoms with Crippen LogP contribution < -0.4 is 10.6 Å². The second kappa shape index (κ2) is 6.84. The first-order valence-corrected chi connectivity index (χ1v) is 7.60. The van der Waals surface area contributed by atoms with Crippen LogP contribution in [0.1, 0.15) is 16.1 Å². The van der Waals surface area contributed by atoms with Gasteiger partial charge < -0.3 is 9.84 Å². The van der Waals surface area contributed by atoms with E-state index in [1.165, 1.54) is 17.6 Å². The molecule has 0 unspecified atom stereocenters. The molecule has 0 bridgehead atoms. The number of hydrogen-bond donors (Lipinski definition) is 2. The molecule has 1 aromatic carbocycles. The third-order valence-corrected chi connectivity index (χ3v) is 3.66. The van der Waals surface area contributed by atoms with Gasteiger partial charge in [0.25, 0.3) is 5.91 Å². The normalized spacial score (nSPS) is 10.3. The predicted octanol–water partition coefficient (Wildman–Crippen LogP) is 2.56. The highest BCUT2D eigenvalue weighted by molar-refractivity contribution is 7.14. The quantitative estimate of drug-likeness (QED) is 0.750. The fourth-order valence-electron chi connectivity index (χ4n) is 1.83. The predicted molar refractivity (Wildman–Crippen MR) is 85.3 cm³/mol. The van der Waals surface area contributed by atoms with Gasteiger partial charge in [0.2, 0.25) is 5.91 Å². The molecule has 3 rings (SSSR count). The maximum absolute atomic E-state index is 12.0. The third-order valence-electron chi connectivity index (χ3n) is 2.86. The zero-order valence-electron chi connectivity index (χ0n) is 11.9. The Labute approximate surface area is 135 Å². The molecule has 116 valence electrons. The van der Waals surface area contributed by atoms with Gasteiger partial charge in [0.05, 0.1) is 12.1 Å². The molecule has 3 aromatic rings. The highest BCUT2D eigenvalue weighted by Gasteiger charge is 2.11. The summed E-state index contributed by atoms with van der Waals surface area (Å²) in [5.41, 5.74) is 1.12. The minimum atomic E-state index is -0.259. The fraction of sp³-hybridized carbons (Fsp3) is 0.0667. The van der Waals surface area contributed by atoms with E-state index in [-0.39, 0.29) is 18.2 Å². The van der Waals surface area contributed by atoms with E-state index in [0.717, 1.165) is 0 Å². The summed E-state index contributed by atoms with van der Waals surface area (Å²) < 4.78 is 4.63. The summed E-state index contributed by atoms with van der Waals surface area (Å²) in [5, 5.41) is 11.1. The zero-order valence-corrected chi connectivity index (χ0v) is 12.7. The molecule has 0 radical (unpaired) electrons. The van der Waals surface area contributed by atoms with E-state index < -0.39 is 0 Å². The minimum absolute atomic E-state index is 0.0879. The van der Waals surface area contributed by atoms with Crippen LogP contribution in [0.2, 0.25) is 0 Å². The van der Waals surface area contributed by atoms with Crippen molar-refractivity contribution < 1.29 is 14.1 Å². The largest absolute Gasteiger partial charge is 0.363 e. The van der Waals surface area contributed by atoms with Crippen molar-refractivity contribution in [3.8, 4) is 0 Å². The van der Waals surface area contributed by atoms with Crippen molar-refractivity contribution in [2.24, 2.45) is 0 Å². The van der Waals surface area contributed by atoms with Crippen molar-refractivity contribution in [1.29, 1.82) is 0 Å². The van der Waals surface area contributed by atoms with E-state index in [0.29, 0.717) is 22.2 Å². The summed E-state index contributed by atoms with van der Waals surface area (Å²) in [7, 11) is 0. The van der Waals surface area contributed by atoms with Crippen LogP contribution in [0, 0.1) is 0 Å². The van der Waals surface area contributed by atoms with Gasteiger partial charge in [0, 0.05) is 17.0 Å². The van der Waals surface area contributed by atoms with Gasteiger partial charge in [-0.1, -0.05) is 23.4 Å². The standard InChI is InChI=1S/C15H12N4O3S/c20-13(17-12-6-7-22-19-12)8-11-9-23-15(16-11)18-14(21)10-4-2-1-3-5-10/h1-7,9H,8H2,(H,16,18,21)(H,17,19,20). The van der Waals surface area contributed by atoms with E-state index in [4.69, 9.17) is 0 Å². The maximum Gasteiger partial charge on any atom is 0.257 e. The number of benzene rings is 1. The monoisotopic (exact) mass is 328 g/mol. The number of nitrogens with zero attached hydrogens (tertiary/aromatic N) is 2. The van der Waals surface area contributed by atoms with Crippen LogP contribution in [0.3, 0.4) is 0 Å². The molecule has 7 nitrogen and oxygen atoms in total. The van der Waals surface area contributed by atoms with E-state index in [2.05, 4.69) is 25.3 Å². The highest BCUT2D eigenvalue weighted by atomic mass is 32.1. The molecule has 23 heavy (non-hydrogen) atoms. The lowest BCUT2D eigenvalue weighted by atomic mass is 10.2. The van der Waals surface area contributed by atoms with Gasteiger partial charge in [-0.2, -0.15) is 0 Å². The number of amides is 2. The van der Waals surface area contributed by atoms with Crippen molar-refractivity contribution >= 4 is 34.1 Å². The molecule has 0 saturated carbocycles. The molecule has 0 atom stereocenters. The van der Waals surface area contributed by atoms with Crippen LogP contribution in [-0.4, -0.2) is 22.0 Å². The molecule has 0 fully saturated rings. The Hall–Kier alpha value is -3.00. The lowest BCUT2D eigenvalue weighted by Gasteiger charge is -2.01. The number of carbonyl (C=O) groups is 2. The molecular weight excluding hydrogens is 316 g/mol. The number of thiazole rings is 1. The Kier molecular flexibility index (Phi) is 4.44. The van der Waals surface area contributed by atoms with E-state index in [1.807, 2.05) is 6.07 Å². The average Bonchev–Trinajstić information content (AvgIpc) is 3.20. The first-order valence-electron chi connectivity index (χ1n) is 6.72. The van der Waals surface area contributed by atoms with Gasteiger partial charge in [0.1, 0.15) is 6.26 Å². The van der Waals surface area contributed by atoms with Gasteiger partial charge in [-0.05, 0) is 12.1 Å². The van der Waals surface area contributed by atoms with Gasteiger partial charge in [-0.15, -0.1) is 11.3 Å². The molecular formula is C15H12N4O3S. The van der Waals surface area contributed by atoms with Crippen LogP contribution in [0.25, 0.3) is 0 Å². The molecule has 2 amide bonds. The third kappa shape index (κ3) is 4.01. The first kappa shape index (κ1) is 14.9. The Morgan fingerprint density at radius 1 is 1.13 bits per heavy atom. The minimum Gasteiger partial charge on any atom is -0.363 e. The van der Waals surface area contributed by atoms with Crippen molar-refractivity contribution in [1.82, 2.24) is 10.1 Å². The van der Waals surface area contributed by atoms with E-state index >= 15 is 0 Å². The van der Waals surface area contributed by atoms with Gasteiger partial charge in [0.15, 0.2) is 10.9 Å². The zero-order chi connectivity index (χ0) is 16.1. The molecule has 2 N–H and O–H groups in total. The van der Waals surface area contributed by atoms with Crippen LogP contribution in [0.5, 0.6) is 0 Å². The summed E-state index contributed by atoms with van der Waals surface area (Å²) in [6.07, 6.45) is 1.46. The number of hydrogen-bond acceptors (Lipinski definition) is 6. The average molecular weight is 328 g/mol. The smallest absolute Gasteiger partial charge is 0.257 e. The topological polar surface area (TPSA) is 97.1 Å². The molecule has 0 aliphatic rings. The lowest BCUT2D eigenvalue weighted by molar-refractivity contribution is -0.115. The summed E-state index contributed by atoms with van der Waals surface area (Å²) in [5.74, 6) is -0.147. The Morgan fingerprint density at radius 2 is 1.96 bits per heavy atom.